The van der Waals surface area contributed by atoms with Crippen molar-refractivity contribution in [2.45, 2.75) is 18.4 Å². The zero-order chi connectivity index (χ0) is 19.6. The maximum Gasteiger partial charge on any atom is 0.247 e. The summed E-state index contributed by atoms with van der Waals surface area (Å²) in [7, 11) is 1.65. The zero-order valence-corrected chi connectivity index (χ0v) is 16.7. The van der Waals surface area contributed by atoms with Gasteiger partial charge in [0.2, 0.25) is 5.91 Å². The summed E-state index contributed by atoms with van der Waals surface area (Å²) in [6.45, 7) is 2.01. The van der Waals surface area contributed by atoms with Gasteiger partial charge in [-0.05, 0) is 49.3 Å². The van der Waals surface area contributed by atoms with Crippen LogP contribution in [0, 0.1) is 0 Å². The van der Waals surface area contributed by atoms with E-state index in [1.54, 1.807) is 7.11 Å². The molecule has 2 saturated heterocycles. The lowest BCUT2D eigenvalue weighted by atomic mass is 9.86. The van der Waals surface area contributed by atoms with Gasteiger partial charge in [0.05, 0.1) is 13.8 Å². The average molecular weight is 397 g/mol. The van der Waals surface area contributed by atoms with Crippen molar-refractivity contribution in [3.8, 4) is 5.75 Å². The van der Waals surface area contributed by atoms with Crippen molar-refractivity contribution in [2.75, 3.05) is 37.1 Å². The van der Waals surface area contributed by atoms with Crippen LogP contribution in [0.2, 0.25) is 0 Å². The van der Waals surface area contributed by atoms with Crippen molar-refractivity contribution in [1.29, 1.82) is 0 Å². The number of nitrogens with one attached hydrogen (secondary N) is 2. The van der Waals surface area contributed by atoms with Crippen LogP contribution in [-0.2, 0) is 4.79 Å². The Kier molecular flexibility index (Phi) is 5.09. The average Bonchev–Trinajstić information content (AvgIpc) is 3.05. The molecule has 0 saturated carbocycles. The highest BCUT2D eigenvalue weighted by Crippen LogP contribution is 2.36. The number of rotatable bonds is 3. The van der Waals surface area contributed by atoms with Crippen LogP contribution in [-0.4, -0.2) is 48.3 Å². The molecule has 0 aromatic heterocycles. The van der Waals surface area contributed by atoms with Crippen LogP contribution in [0.3, 0.4) is 0 Å². The zero-order valence-electron chi connectivity index (χ0n) is 15.9. The number of methoxy groups -OCH3 is 1. The predicted molar refractivity (Wildman–Crippen MR) is 115 cm³/mol. The Morgan fingerprint density at radius 3 is 2.61 bits per heavy atom. The van der Waals surface area contributed by atoms with Crippen LogP contribution in [0.15, 0.2) is 54.6 Å². The Hall–Kier alpha value is -2.80. The number of nitrogens with zero attached hydrogens (tertiary/aromatic N) is 2. The van der Waals surface area contributed by atoms with Gasteiger partial charge < -0.3 is 25.2 Å². The number of likely N-dealkylation sites (tertiary alicyclic amines) is 1. The Morgan fingerprint density at radius 2 is 1.89 bits per heavy atom. The molecule has 0 aliphatic carbocycles. The molecule has 2 aliphatic heterocycles. The quantitative estimate of drug-likeness (QED) is 0.778. The summed E-state index contributed by atoms with van der Waals surface area (Å²) < 4.78 is 5.26. The molecular weight excluding hydrogens is 372 g/mol. The Labute approximate surface area is 170 Å². The van der Waals surface area contributed by atoms with Crippen molar-refractivity contribution in [2.24, 2.45) is 0 Å². The lowest BCUT2D eigenvalue weighted by Gasteiger charge is -2.44. The van der Waals surface area contributed by atoms with Crippen molar-refractivity contribution in [3.63, 3.8) is 0 Å². The monoisotopic (exact) mass is 396 g/mol. The van der Waals surface area contributed by atoms with Gasteiger partial charge in [0, 0.05) is 30.5 Å². The van der Waals surface area contributed by atoms with Gasteiger partial charge in [-0.25, -0.2) is 0 Å². The molecule has 6 nitrogen and oxygen atoms in total. The number of benzene rings is 2. The van der Waals surface area contributed by atoms with E-state index in [0.29, 0.717) is 11.8 Å². The maximum absolute atomic E-state index is 12.7. The molecule has 0 bridgehead atoms. The topological polar surface area (TPSA) is 56.8 Å². The van der Waals surface area contributed by atoms with Crippen LogP contribution < -0.4 is 20.3 Å². The lowest BCUT2D eigenvalue weighted by Crippen LogP contribution is -2.57. The molecule has 7 heteroatoms. The van der Waals surface area contributed by atoms with Crippen molar-refractivity contribution < 1.29 is 9.53 Å². The number of anilines is 2. The minimum atomic E-state index is -0.497. The third-order valence-electron chi connectivity index (χ3n) is 5.60. The number of carbonyl (C=O) groups is 1. The highest BCUT2D eigenvalue weighted by Gasteiger charge is 2.50. The Bertz CT molecular complexity index is 866. The number of amides is 1. The molecule has 2 fully saturated rings. The normalized spacial score (nSPS) is 18.1. The van der Waals surface area contributed by atoms with Crippen LogP contribution in [0.5, 0.6) is 5.75 Å². The van der Waals surface area contributed by atoms with E-state index in [0.717, 1.165) is 43.1 Å². The van der Waals surface area contributed by atoms with Gasteiger partial charge in [0.15, 0.2) is 5.11 Å². The fraction of sp³-hybridized carbons (Fsp3) is 0.333. The summed E-state index contributed by atoms with van der Waals surface area (Å²) in [5.74, 6) is 0.897. The van der Waals surface area contributed by atoms with Crippen LogP contribution in [0.4, 0.5) is 11.4 Å². The molecule has 146 valence electrons. The van der Waals surface area contributed by atoms with E-state index in [2.05, 4.69) is 32.6 Å². The van der Waals surface area contributed by atoms with E-state index in [1.807, 2.05) is 42.5 Å². The summed E-state index contributed by atoms with van der Waals surface area (Å²) in [6.07, 6.45) is 1.46. The molecule has 0 unspecified atom stereocenters. The van der Waals surface area contributed by atoms with E-state index >= 15 is 0 Å². The molecule has 2 aliphatic rings. The number of hydrogen-bond acceptors (Lipinski definition) is 4. The van der Waals surface area contributed by atoms with Crippen LogP contribution >= 0.6 is 12.2 Å². The molecular formula is C21H24N4O2S. The Morgan fingerprint density at radius 1 is 1.14 bits per heavy atom. The van der Waals surface area contributed by atoms with E-state index in [4.69, 9.17) is 17.0 Å². The predicted octanol–water partition coefficient (Wildman–Crippen LogP) is 2.82. The van der Waals surface area contributed by atoms with Crippen molar-refractivity contribution >= 4 is 34.6 Å². The van der Waals surface area contributed by atoms with Gasteiger partial charge in [0.1, 0.15) is 11.3 Å². The number of carbonyl (C=O) groups excluding carboxylic acids is 1. The van der Waals surface area contributed by atoms with Crippen molar-refractivity contribution in [1.82, 2.24) is 10.2 Å². The van der Waals surface area contributed by atoms with Gasteiger partial charge in [-0.1, -0.05) is 24.3 Å². The molecule has 0 atom stereocenters. The summed E-state index contributed by atoms with van der Waals surface area (Å²) >= 11 is 5.61. The summed E-state index contributed by atoms with van der Waals surface area (Å²) in [6, 6.07) is 17.8. The molecule has 2 aromatic carbocycles. The highest BCUT2D eigenvalue weighted by atomic mass is 32.1. The maximum atomic E-state index is 12.7. The van der Waals surface area contributed by atoms with Gasteiger partial charge in [-0.3, -0.25) is 4.79 Å². The third-order valence-corrected chi connectivity index (χ3v) is 5.96. The van der Waals surface area contributed by atoms with E-state index < -0.39 is 5.54 Å². The number of piperidine rings is 1. The first-order chi connectivity index (χ1) is 13.6. The molecule has 1 spiro atoms. The minimum Gasteiger partial charge on any atom is -0.497 e. The van der Waals surface area contributed by atoms with E-state index in [-0.39, 0.29) is 5.91 Å². The lowest BCUT2D eigenvalue weighted by molar-refractivity contribution is -0.124. The molecule has 2 N–H and O–H groups in total. The third kappa shape index (κ3) is 3.38. The number of ether oxygens (including phenoxy) is 1. The van der Waals surface area contributed by atoms with Gasteiger partial charge >= 0.3 is 0 Å². The number of para-hydroxylation sites is 1. The fourth-order valence-corrected chi connectivity index (χ4v) is 4.32. The molecule has 4 rings (SSSR count). The Balaban J connectivity index is 1.44. The first-order valence-electron chi connectivity index (χ1n) is 9.43. The number of thiocarbonyl (C=S) groups is 1. The highest BCUT2D eigenvalue weighted by molar-refractivity contribution is 7.80. The minimum absolute atomic E-state index is 0.114. The standard InChI is InChI=1S/C21H24N4O2S/c1-27-18-9-5-6-16(14-18)23-20(28)24-12-10-21(11-13-24)19(26)22-15-25(21)17-7-3-2-4-8-17/h2-9,14H,10-13,15H2,1H3,(H,22,26)(H,23,28). The second kappa shape index (κ2) is 7.67. The second-order valence-corrected chi connectivity index (χ2v) is 7.50. The SMILES string of the molecule is COc1cccc(NC(=S)N2CCC3(CC2)C(=O)NCN3c2ccccc2)c1. The fourth-order valence-electron chi connectivity index (χ4n) is 4.02. The molecule has 2 aromatic rings. The first kappa shape index (κ1) is 18.6. The molecule has 0 radical (unpaired) electrons. The van der Waals surface area contributed by atoms with Gasteiger partial charge in [-0.15, -0.1) is 0 Å². The van der Waals surface area contributed by atoms with Gasteiger partial charge in [-0.2, -0.15) is 0 Å². The van der Waals surface area contributed by atoms with Gasteiger partial charge in [0.25, 0.3) is 0 Å². The van der Waals surface area contributed by atoms with Crippen molar-refractivity contribution in [3.05, 3.63) is 54.6 Å². The number of hydrogen-bond donors (Lipinski definition) is 2. The van der Waals surface area contributed by atoms with E-state index in [1.165, 1.54) is 0 Å². The van der Waals surface area contributed by atoms with E-state index in [9.17, 15) is 4.79 Å². The molecule has 28 heavy (non-hydrogen) atoms. The largest absolute Gasteiger partial charge is 0.497 e. The smallest absolute Gasteiger partial charge is 0.247 e. The summed E-state index contributed by atoms with van der Waals surface area (Å²) in [5.41, 5.74) is 1.48. The molecule has 1 amide bonds. The van der Waals surface area contributed by atoms with Crippen LogP contribution in [0.25, 0.3) is 0 Å². The second-order valence-electron chi connectivity index (χ2n) is 7.11. The van der Waals surface area contributed by atoms with Crippen LogP contribution in [0.1, 0.15) is 12.8 Å². The molecule has 2 heterocycles. The summed E-state index contributed by atoms with van der Waals surface area (Å²) in [4.78, 5) is 17.1. The summed E-state index contributed by atoms with van der Waals surface area (Å²) in [5, 5.41) is 6.99. The first-order valence-corrected chi connectivity index (χ1v) is 9.84.